The minimum absolute atomic E-state index is 0.336. The fourth-order valence-electron chi connectivity index (χ4n) is 3.73. The van der Waals surface area contributed by atoms with Crippen LogP contribution in [-0.4, -0.2) is 24.5 Å². The number of nitrogens with zero attached hydrogens (tertiary/aromatic N) is 2. The second kappa shape index (κ2) is 10.4. The molecule has 0 radical (unpaired) electrons. The van der Waals surface area contributed by atoms with Crippen molar-refractivity contribution in [3.63, 3.8) is 0 Å². The molecule has 178 valence electrons. The first kappa shape index (κ1) is 24.0. The van der Waals surface area contributed by atoms with Crippen molar-refractivity contribution in [2.75, 3.05) is 23.8 Å². The van der Waals surface area contributed by atoms with Gasteiger partial charge in [-0.25, -0.2) is 0 Å². The Labute approximate surface area is 202 Å². The van der Waals surface area contributed by atoms with E-state index in [4.69, 9.17) is 0 Å². The third-order valence-electron chi connectivity index (χ3n) is 5.69. The van der Waals surface area contributed by atoms with E-state index >= 15 is 0 Å². The molecule has 3 aromatic carbocycles. The van der Waals surface area contributed by atoms with E-state index in [2.05, 4.69) is 15.2 Å². The molecule has 0 aliphatic rings. The summed E-state index contributed by atoms with van der Waals surface area (Å²) in [6.45, 7) is 0.795. The normalized spacial score (nSPS) is 11.2. The summed E-state index contributed by atoms with van der Waals surface area (Å²) in [7, 11) is 2.00. The minimum Gasteiger partial charge on any atom is -0.374 e. The van der Waals surface area contributed by atoms with E-state index in [-0.39, 0.29) is 5.91 Å². The zero-order valence-corrected chi connectivity index (χ0v) is 19.1. The smallest absolute Gasteiger partial charge is 0.374 e. The quantitative estimate of drug-likeness (QED) is 0.324. The number of benzene rings is 3. The van der Waals surface area contributed by atoms with Crippen LogP contribution in [0.2, 0.25) is 0 Å². The van der Waals surface area contributed by atoms with Gasteiger partial charge in [0.1, 0.15) is 0 Å². The highest BCUT2D eigenvalue weighted by molar-refractivity contribution is 6.08. The van der Waals surface area contributed by atoms with E-state index in [0.29, 0.717) is 22.4 Å². The van der Waals surface area contributed by atoms with E-state index < -0.39 is 11.7 Å². The molecule has 0 aliphatic carbocycles. The summed E-state index contributed by atoms with van der Waals surface area (Å²) in [5.41, 5.74) is 3.40. The van der Waals surface area contributed by atoms with Crippen molar-refractivity contribution in [2.45, 2.75) is 12.6 Å². The Hall–Kier alpha value is -4.13. The van der Waals surface area contributed by atoms with Gasteiger partial charge in [-0.3, -0.25) is 9.78 Å². The molecule has 4 aromatic rings. The SMILES string of the molecule is CN(CCc1ccccn1)c1ccc(NC(=O)c2ccccc2-c2ccc(C(F)(F)F)cc2)cc1. The maximum atomic E-state index is 13.0. The number of anilines is 2. The summed E-state index contributed by atoms with van der Waals surface area (Å²) in [5.74, 6) is -0.336. The van der Waals surface area contributed by atoms with Crippen LogP contribution in [0.3, 0.4) is 0 Å². The van der Waals surface area contributed by atoms with Gasteiger partial charge in [0.25, 0.3) is 5.91 Å². The van der Waals surface area contributed by atoms with Gasteiger partial charge < -0.3 is 10.2 Å². The molecule has 0 unspecified atom stereocenters. The second-order valence-electron chi connectivity index (χ2n) is 8.11. The number of rotatable bonds is 7. The topological polar surface area (TPSA) is 45.2 Å². The van der Waals surface area contributed by atoms with E-state index in [0.717, 1.165) is 36.5 Å². The molecule has 0 fully saturated rings. The Morgan fingerprint density at radius 2 is 1.57 bits per heavy atom. The van der Waals surface area contributed by atoms with Crippen molar-refractivity contribution in [1.29, 1.82) is 0 Å². The second-order valence-corrected chi connectivity index (χ2v) is 8.11. The molecule has 1 heterocycles. The minimum atomic E-state index is -4.41. The molecule has 7 heteroatoms. The lowest BCUT2D eigenvalue weighted by Gasteiger charge is -2.19. The fourth-order valence-corrected chi connectivity index (χ4v) is 3.73. The molecule has 0 saturated heterocycles. The highest BCUT2D eigenvalue weighted by atomic mass is 19.4. The number of carbonyl (C=O) groups is 1. The van der Waals surface area contributed by atoms with E-state index in [1.165, 1.54) is 12.1 Å². The van der Waals surface area contributed by atoms with Crippen molar-refractivity contribution in [1.82, 2.24) is 4.98 Å². The van der Waals surface area contributed by atoms with Gasteiger partial charge >= 0.3 is 6.18 Å². The van der Waals surface area contributed by atoms with Crippen molar-refractivity contribution in [3.8, 4) is 11.1 Å². The third-order valence-corrected chi connectivity index (χ3v) is 5.69. The van der Waals surface area contributed by atoms with Crippen LogP contribution in [0.5, 0.6) is 0 Å². The van der Waals surface area contributed by atoms with Crippen LogP contribution in [-0.2, 0) is 12.6 Å². The molecule has 1 N–H and O–H groups in total. The summed E-state index contributed by atoms with van der Waals surface area (Å²) in [5, 5.41) is 2.88. The molecule has 1 amide bonds. The molecule has 0 saturated carbocycles. The monoisotopic (exact) mass is 475 g/mol. The molecule has 0 atom stereocenters. The summed E-state index contributed by atoms with van der Waals surface area (Å²) >= 11 is 0. The summed E-state index contributed by atoms with van der Waals surface area (Å²) in [6, 6.07) is 25.0. The van der Waals surface area contributed by atoms with E-state index in [1.807, 2.05) is 49.5 Å². The Morgan fingerprint density at radius 1 is 0.886 bits per heavy atom. The van der Waals surface area contributed by atoms with E-state index in [1.54, 1.807) is 30.5 Å². The van der Waals surface area contributed by atoms with Crippen LogP contribution in [0.15, 0.2) is 97.2 Å². The summed E-state index contributed by atoms with van der Waals surface area (Å²) < 4.78 is 38.7. The average Bonchev–Trinajstić information content (AvgIpc) is 2.88. The van der Waals surface area contributed by atoms with Crippen LogP contribution in [0.1, 0.15) is 21.6 Å². The number of amides is 1. The van der Waals surface area contributed by atoms with Gasteiger partial charge in [-0.15, -0.1) is 0 Å². The van der Waals surface area contributed by atoms with Crippen LogP contribution >= 0.6 is 0 Å². The van der Waals surface area contributed by atoms with Crippen molar-refractivity contribution >= 4 is 17.3 Å². The van der Waals surface area contributed by atoms with Gasteiger partial charge in [0.15, 0.2) is 0 Å². The van der Waals surface area contributed by atoms with Crippen LogP contribution in [0.25, 0.3) is 11.1 Å². The van der Waals surface area contributed by atoms with Crippen LogP contribution < -0.4 is 10.2 Å². The lowest BCUT2D eigenvalue weighted by molar-refractivity contribution is -0.137. The lowest BCUT2D eigenvalue weighted by Crippen LogP contribution is -2.20. The number of hydrogen-bond acceptors (Lipinski definition) is 3. The lowest BCUT2D eigenvalue weighted by atomic mass is 9.98. The van der Waals surface area contributed by atoms with Crippen LogP contribution in [0.4, 0.5) is 24.5 Å². The number of hydrogen-bond donors (Lipinski definition) is 1. The molecular weight excluding hydrogens is 451 g/mol. The third kappa shape index (κ3) is 6.06. The first-order chi connectivity index (χ1) is 16.8. The standard InChI is InChI=1S/C28H24F3N3O/c1-34(19-17-22-6-4-5-18-32-22)24-15-13-23(14-16-24)33-27(35)26-8-3-2-7-25(26)20-9-11-21(12-10-20)28(29,30)31/h2-16,18H,17,19H2,1H3,(H,33,35). The Morgan fingerprint density at radius 3 is 2.23 bits per heavy atom. The van der Waals surface area contributed by atoms with Crippen molar-refractivity contribution < 1.29 is 18.0 Å². The number of carbonyl (C=O) groups excluding carboxylic acids is 1. The molecule has 4 nitrogen and oxygen atoms in total. The van der Waals surface area contributed by atoms with Gasteiger partial charge in [-0.2, -0.15) is 13.2 Å². The first-order valence-corrected chi connectivity index (χ1v) is 11.1. The zero-order valence-electron chi connectivity index (χ0n) is 19.1. The van der Waals surface area contributed by atoms with E-state index in [9.17, 15) is 18.0 Å². The molecule has 4 rings (SSSR count). The average molecular weight is 476 g/mol. The van der Waals surface area contributed by atoms with Crippen molar-refractivity contribution in [3.05, 3.63) is 114 Å². The zero-order chi connectivity index (χ0) is 24.8. The Kier molecular flexibility index (Phi) is 7.15. The van der Waals surface area contributed by atoms with Gasteiger partial charge in [-0.05, 0) is 65.7 Å². The number of halogens is 3. The van der Waals surface area contributed by atoms with Gasteiger partial charge in [0.05, 0.1) is 5.56 Å². The molecule has 0 bridgehead atoms. The highest BCUT2D eigenvalue weighted by Gasteiger charge is 2.30. The van der Waals surface area contributed by atoms with Gasteiger partial charge in [-0.1, -0.05) is 36.4 Å². The number of alkyl halides is 3. The number of likely N-dealkylation sites (N-methyl/N-ethyl adjacent to an activating group) is 1. The molecular formula is C28H24F3N3O. The summed E-state index contributed by atoms with van der Waals surface area (Å²) in [6.07, 6.45) is -1.81. The number of aromatic nitrogens is 1. The Balaban J connectivity index is 1.44. The van der Waals surface area contributed by atoms with Crippen molar-refractivity contribution in [2.24, 2.45) is 0 Å². The van der Waals surface area contributed by atoms with Gasteiger partial charge in [0, 0.05) is 48.8 Å². The molecule has 1 aromatic heterocycles. The largest absolute Gasteiger partial charge is 0.416 e. The first-order valence-electron chi connectivity index (χ1n) is 11.1. The molecule has 35 heavy (non-hydrogen) atoms. The predicted octanol–water partition coefficient (Wildman–Crippen LogP) is 6.70. The summed E-state index contributed by atoms with van der Waals surface area (Å²) in [4.78, 5) is 19.5. The number of nitrogens with one attached hydrogen (secondary N) is 1. The molecule has 0 aliphatic heterocycles. The fraction of sp³-hybridized carbons (Fsp3) is 0.143. The van der Waals surface area contributed by atoms with Gasteiger partial charge in [0.2, 0.25) is 0 Å². The Bertz CT molecular complexity index is 1270. The highest BCUT2D eigenvalue weighted by Crippen LogP contribution is 2.32. The molecule has 0 spiro atoms. The number of pyridine rings is 1. The maximum absolute atomic E-state index is 13.0. The maximum Gasteiger partial charge on any atom is 0.416 e. The predicted molar refractivity (Wildman–Crippen MR) is 132 cm³/mol. The van der Waals surface area contributed by atoms with Crippen LogP contribution in [0, 0.1) is 0 Å².